The summed E-state index contributed by atoms with van der Waals surface area (Å²) in [7, 11) is 0. The van der Waals surface area contributed by atoms with Gasteiger partial charge in [0.25, 0.3) is 0 Å². The number of rotatable bonds is 10. The Morgan fingerprint density at radius 3 is 1.53 bits per heavy atom. The predicted molar refractivity (Wildman–Crippen MR) is 154 cm³/mol. The quantitative estimate of drug-likeness (QED) is 0.0769. The Bertz CT molecular complexity index is 1100. The summed E-state index contributed by atoms with van der Waals surface area (Å²) in [5.41, 5.74) is 44.1. The number of aliphatic imine (C=N–C) groups is 4. The van der Waals surface area contributed by atoms with Crippen molar-refractivity contribution in [3.63, 3.8) is 0 Å². The molecule has 0 aromatic heterocycles. The van der Waals surface area contributed by atoms with Crippen molar-refractivity contribution >= 4 is 23.8 Å². The highest BCUT2D eigenvalue weighted by atomic mass is 16.7. The molecule has 0 bridgehead atoms. The second-order valence-corrected chi connectivity index (χ2v) is 10.7. The van der Waals surface area contributed by atoms with E-state index in [9.17, 15) is 35.7 Å². The number of hydrogen-bond acceptors (Lipinski definition) is 15. The molecule has 0 spiro atoms. The highest BCUT2D eigenvalue weighted by Gasteiger charge is 2.53. The van der Waals surface area contributed by atoms with Crippen LogP contribution < -0.4 is 45.9 Å². The van der Waals surface area contributed by atoms with E-state index in [1.165, 1.54) is 0 Å². The molecule has 23 nitrogen and oxygen atoms in total. The first-order valence-electron chi connectivity index (χ1n) is 13.7. The number of guanidine groups is 4. The maximum Gasteiger partial charge on any atom is 0.187 e. The lowest BCUT2D eigenvalue weighted by Crippen LogP contribution is -2.65. The summed E-state index contributed by atoms with van der Waals surface area (Å²) in [6, 6.07) is -3.68. The Kier molecular flexibility index (Phi) is 12.3. The summed E-state index contributed by atoms with van der Waals surface area (Å²) in [5.74, 6) is -1.69. The van der Waals surface area contributed by atoms with Gasteiger partial charge in [-0.15, -0.1) is 0 Å². The Labute approximate surface area is 256 Å². The summed E-state index contributed by atoms with van der Waals surface area (Å²) in [4.78, 5) is 15.7. The SMILES string of the molecule is NC(N)=NC[C@@H]1O[C@H](O[C@H]2[C@H](O)[C@@H](O[C@H]3O[C@@H](CO)[C@H](O)[C@@H](N=C(N)N)[C@@H]3O)[C@H](N=C(N)N)C[C@@H]2N=C(N)N)[C@@H](O)[C@H](O)[C@H]1O. The molecule has 3 aliphatic rings. The van der Waals surface area contributed by atoms with Gasteiger partial charge in [-0.3, -0.25) is 4.99 Å². The van der Waals surface area contributed by atoms with Gasteiger partial charge in [0.1, 0.15) is 67.1 Å². The topological polar surface area (TPSA) is 436 Å². The second-order valence-electron chi connectivity index (χ2n) is 10.7. The molecule has 23 heteroatoms. The van der Waals surface area contributed by atoms with Crippen molar-refractivity contribution in [2.24, 2.45) is 65.8 Å². The van der Waals surface area contributed by atoms with Crippen molar-refractivity contribution in [1.29, 1.82) is 0 Å². The fraction of sp³-hybridized carbons (Fsp3) is 0.818. The second kappa shape index (κ2) is 15.3. The lowest BCUT2D eigenvalue weighted by Gasteiger charge is -2.47. The van der Waals surface area contributed by atoms with E-state index in [0.29, 0.717) is 0 Å². The monoisotopic (exact) mass is 652 g/mol. The van der Waals surface area contributed by atoms with Gasteiger partial charge < -0.3 is 101 Å². The van der Waals surface area contributed by atoms with Crippen LogP contribution in [0.15, 0.2) is 20.0 Å². The molecule has 15 atom stereocenters. The smallest absolute Gasteiger partial charge is 0.187 e. The summed E-state index contributed by atoms with van der Waals surface area (Å²) < 4.78 is 23.0. The Morgan fingerprint density at radius 1 is 0.578 bits per heavy atom. The first-order chi connectivity index (χ1) is 21.0. The third-order valence-electron chi connectivity index (χ3n) is 7.40. The van der Waals surface area contributed by atoms with Gasteiger partial charge in [0.15, 0.2) is 36.4 Å². The number of hydrogen-bond donors (Lipinski definition) is 15. The Balaban J connectivity index is 1.97. The zero-order valence-corrected chi connectivity index (χ0v) is 24.0. The van der Waals surface area contributed by atoms with E-state index in [1.807, 2.05) is 0 Å². The van der Waals surface area contributed by atoms with Gasteiger partial charge in [-0.25, -0.2) is 15.0 Å². The van der Waals surface area contributed by atoms with Crippen LogP contribution in [0.4, 0.5) is 0 Å². The normalized spacial score (nSPS) is 41.8. The van der Waals surface area contributed by atoms with Crippen LogP contribution in [0.1, 0.15) is 6.42 Å². The highest BCUT2D eigenvalue weighted by molar-refractivity contribution is 5.77. The summed E-state index contributed by atoms with van der Waals surface area (Å²) in [6.07, 6.45) is -19.6. The van der Waals surface area contributed by atoms with Crippen molar-refractivity contribution in [2.45, 2.75) is 98.2 Å². The van der Waals surface area contributed by atoms with Crippen molar-refractivity contribution < 1.29 is 54.7 Å². The molecule has 3 rings (SSSR count). The molecule has 3 fully saturated rings. The van der Waals surface area contributed by atoms with Crippen molar-refractivity contribution in [3.05, 3.63) is 0 Å². The first-order valence-corrected chi connectivity index (χ1v) is 13.7. The Hall–Kier alpha value is -3.36. The van der Waals surface area contributed by atoms with Gasteiger partial charge >= 0.3 is 0 Å². The molecule has 0 radical (unpaired) electrons. The minimum Gasteiger partial charge on any atom is -0.394 e. The van der Waals surface area contributed by atoms with E-state index in [4.69, 9.17) is 64.8 Å². The number of aliphatic hydroxyl groups is 7. The summed E-state index contributed by atoms with van der Waals surface area (Å²) in [6.45, 7) is -1.07. The molecule has 45 heavy (non-hydrogen) atoms. The molecule has 0 unspecified atom stereocenters. The highest BCUT2D eigenvalue weighted by Crippen LogP contribution is 2.35. The first kappa shape index (κ1) is 36.1. The molecule has 1 aliphatic carbocycles. The zero-order valence-electron chi connectivity index (χ0n) is 24.0. The van der Waals surface area contributed by atoms with E-state index in [-0.39, 0.29) is 18.9 Å². The molecular formula is C22H44N12O11. The molecular weight excluding hydrogens is 608 g/mol. The standard InChI is InChI=1S/C22H44N12O11/c23-19(24)31-2-6-10(37)12(39)13(40)18(42-6)45-16-5(33-21(27)28)1-4(32-20(25)26)15(14(16)41)44-17-11(38)8(34-22(29)30)9(36)7(3-35)43-17/h4-18,35-41H,1-3H2,(H4,23,24,31)(H4,25,26,32)(H4,27,28,33)(H4,29,30,34)/t4-,5+,6+,7+,8-,9+,10+,11+,12-,13+,14-,15+,16-,17-,18-/m1/s1. The molecule has 2 heterocycles. The Morgan fingerprint density at radius 2 is 1.07 bits per heavy atom. The van der Waals surface area contributed by atoms with Crippen LogP contribution in [0, 0.1) is 0 Å². The van der Waals surface area contributed by atoms with Crippen molar-refractivity contribution in [3.8, 4) is 0 Å². The van der Waals surface area contributed by atoms with Gasteiger partial charge in [0.2, 0.25) is 0 Å². The lowest BCUT2D eigenvalue weighted by atomic mass is 9.83. The van der Waals surface area contributed by atoms with Crippen LogP contribution in [0.3, 0.4) is 0 Å². The molecule has 2 aliphatic heterocycles. The molecule has 1 saturated carbocycles. The maximum absolute atomic E-state index is 11.6. The molecule has 23 N–H and O–H groups in total. The van der Waals surface area contributed by atoms with Crippen molar-refractivity contribution in [2.75, 3.05) is 13.2 Å². The van der Waals surface area contributed by atoms with Crippen LogP contribution in [0.25, 0.3) is 0 Å². The number of nitrogens with two attached hydrogens (primary N) is 8. The average molecular weight is 653 g/mol. The van der Waals surface area contributed by atoms with E-state index < -0.39 is 116 Å². The van der Waals surface area contributed by atoms with Gasteiger partial charge in [-0.1, -0.05) is 0 Å². The zero-order chi connectivity index (χ0) is 33.7. The van der Waals surface area contributed by atoms with E-state index in [1.54, 1.807) is 0 Å². The van der Waals surface area contributed by atoms with Gasteiger partial charge in [-0.2, -0.15) is 0 Å². The van der Waals surface area contributed by atoms with Gasteiger partial charge in [0.05, 0.1) is 25.2 Å². The van der Waals surface area contributed by atoms with Gasteiger partial charge in [-0.05, 0) is 6.42 Å². The van der Waals surface area contributed by atoms with Gasteiger partial charge in [0, 0.05) is 0 Å². The summed E-state index contributed by atoms with van der Waals surface area (Å²) in [5, 5.41) is 74.3. The third-order valence-corrected chi connectivity index (χ3v) is 7.40. The lowest BCUT2D eigenvalue weighted by molar-refractivity contribution is -0.331. The largest absolute Gasteiger partial charge is 0.394 e. The molecule has 258 valence electrons. The average Bonchev–Trinajstić information content (AvgIpc) is 2.94. The third kappa shape index (κ3) is 8.67. The fourth-order valence-corrected chi connectivity index (χ4v) is 5.33. The molecule has 2 saturated heterocycles. The van der Waals surface area contributed by atoms with Crippen LogP contribution in [-0.2, 0) is 18.9 Å². The fourth-order valence-electron chi connectivity index (χ4n) is 5.33. The molecule has 0 amide bonds. The van der Waals surface area contributed by atoms with Crippen molar-refractivity contribution in [1.82, 2.24) is 0 Å². The number of nitrogens with zero attached hydrogens (tertiary/aromatic N) is 4. The van der Waals surface area contributed by atoms with Crippen LogP contribution in [-0.4, -0.2) is 164 Å². The minimum absolute atomic E-state index is 0.181. The van der Waals surface area contributed by atoms with Crippen LogP contribution in [0.5, 0.6) is 0 Å². The van der Waals surface area contributed by atoms with Crippen LogP contribution in [0.2, 0.25) is 0 Å². The van der Waals surface area contributed by atoms with E-state index >= 15 is 0 Å². The van der Waals surface area contributed by atoms with E-state index in [2.05, 4.69) is 20.0 Å². The predicted octanol–water partition coefficient (Wildman–Crippen LogP) is -10.0. The van der Waals surface area contributed by atoms with E-state index in [0.717, 1.165) is 0 Å². The minimum atomic E-state index is -1.85. The molecule has 0 aromatic rings. The number of aliphatic hydroxyl groups excluding tert-OH is 7. The maximum atomic E-state index is 11.6. The summed E-state index contributed by atoms with van der Waals surface area (Å²) >= 11 is 0. The number of ether oxygens (including phenoxy) is 4. The van der Waals surface area contributed by atoms with Crippen LogP contribution >= 0.6 is 0 Å². The molecule has 0 aromatic carbocycles.